The summed E-state index contributed by atoms with van der Waals surface area (Å²) in [6, 6.07) is 6.42. The molecule has 0 saturated carbocycles. The molecular weight excluding hydrogens is 186 g/mol. The molecule has 0 spiro atoms. The molecule has 2 rings (SSSR count). The number of hydrogen-bond donors (Lipinski definition) is 1. The number of ether oxygens (including phenoxy) is 1. The van der Waals surface area contributed by atoms with Crippen molar-refractivity contribution >= 4 is 11.6 Å². The summed E-state index contributed by atoms with van der Waals surface area (Å²) < 4.78 is 5.14. The summed E-state index contributed by atoms with van der Waals surface area (Å²) in [4.78, 5) is 0. The summed E-state index contributed by atoms with van der Waals surface area (Å²) in [5.74, 6) is 0.757. The number of methoxy groups -OCH3 is 1. The molecule has 1 aliphatic rings. The quantitative estimate of drug-likeness (QED) is 0.786. The fourth-order valence-corrected chi connectivity index (χ4v) is 1.66. The molecule has 2 nitrogen and oxygen atoms in total. The van der Waals surface area contributed by atoms with Crippen molar-refractivity contribution in [3.63, 3.8) is 0 Å². The van der Waals surface area contributed by atoms with Gasteiger partial charge in [0.1, 0.15) is 5.75 Å². The Balaban J connectivity index is 2.26. The van der Waals surface area contributed by atoms with Gasteiger partial charge >= 0.3 is 0 Å². The average Bonchev–Trinajstić information content (AvgIpc) is 2.05. The van der Waals surface area contributed by atoms with E-state index >= 15 is 0 Å². The molecule has 1 N–H and O–H groups in total. The van der Waals surface area contributed by atoms with Crippen molar-refractivity contribution in [3.8, 4) is 5.75 Å². The van der Waals surface area contributed by atoms with Gasteiger partial charge in [0.05, 0.1) is 12.1 Å². The van der Waals surface area contributed by atoms with Crippen molar-refractivity contribution in [1.82, 2.24) is 5.32 Å². The predicted octanol–water partition coefficient (Wildman–Crippen LogP) is 2.38. The lowest BCUT2D eigenvalue weighted by atomic mass is 9.98. The van der Waals surface area contributed by atoms with Crippen LogP contribution in [0.15, 0.2) is 18.2 Å². The Labute approximate surface area is 82.9 Å². The Kier molecular flexibility index (Phi) is 2.42. The van der Waals surface area contributed by atoms with Crippen LogP contribution < -0.4 is 10.1 Å². The third kappa shape index (κ3) is 1.64. The maximum atomic E-state index is 5.92. The highest BCUT2D eigenvalue weighted by molar-refractivity contribution is 6.32. The van der Waals surface area contributed by atoms with Crippen molar-refractivity contribution in [1.29, 1.82) is 0 Å². The molecule has 1 aromatic rings. The normalized spacial score (nSPS) is 20.9. The standard InChI is InChI=1S/C10H12ClNO/c1-13-10-6-7(2-3-8(10)11)9-4-5-12-9/h2-3,6,9,12H,4-5H2,1H3/t9-/m1/s1. The van der Waals surface area contributed by atoms with Crippen molar-refractivity contribution < 1.29 is 4.74 Å². The zero-order valence-electron chi connectivity index (χ0n) is 7.51. The van der Waals surface area contributed by atoms with Crippen molar-refractivity contribution in [2.75, 3.05) is 13.7 Å². The van der Waals surface area contributed by atoms with Gasteiger partial charge < -0.3 is 10.1 Å². The Bertz CT molecular complexity index is 310. The Morgan fingerprint density at radius 3 is 2.85 bits per heavy atom. The number of nitrogens with one attached hydrogen (secondary N) is 1. The molecule has 1 aliphatic heterocycles. The van der Waals surface area contributed by atoms with Crippen LogP contribution in [0.2, 0.25) is 5.02 Å². The molecule has 13 heavy (non-hydrogen) atoms. The summed E-state index contributed by atoms with van der Waals surface area (Å²) in [5, 5.41) is 4.01. The number of halogens is 1. The molecular formula is C10H12ClNO. The summed E-state index contributed by atoms with van der Waals surface area (Å²) in [6.45, 7) is 1.11. The van der Waals surface area contributed by atoms with E-state index in [4.69, 9.17) is 16.3 Å². The van der Waals surface area contributed by atoms with Crippen LogP contribution in [0.5, 0.6) is 5.75 Å². The molecule has 70 valence electrons. The molecule has 1 saturated heterocycles. The van der Waals surface area contributed by atoms with E-state index in [9.17, 15) is 0 Å². The number of benzene rings is 1. The lowest BCUT2D eigenvalue weighted by Gasteiger charge is -2.28. The average molecular weight is 198 g/mol. The molecule has 3 heteroatoms. The first-order chi connectivity index (χ1) is 6.31. The molecule has 0 unspecified atom stereocenters. The fourth-order valence-electron chi connectivity index (χ4n) is 1.47. The smallest absolute Gasteiger partial charge is 0.137 e. The van der Waals surface area contributed by atoms with Crippen LogP contribution in [-0.2, 0) is 0 Å². The van der Waals surface area contributed by atoms with Crippen LogP contribution in [0.3, 0.4) is 0 Å². The summed E-state index contributed by atoms with van der Waals surface area (Å²) >= 11 is 5.92. The minimum absolute atomic E-state index is 0.492. The van der Waals surface area contributed by atoms with E-state index in [0.29, 0.717) is 11.1 Å². The number of hydrogen-bond acceptors (Lipinski definition) is 2. The van der Waals surface area contributed by atoms with Crippen LogP contribution in [0.1, 0.15) is 18.0 Å². The predicted molar refractivity (Wildman–Crippen MR) is 53.4 cm³/mol. The minimum Gasteiger partial charge on any atom is -0.495 e. The summed E-state index contributed by atoms with van der Waals surface area (Å²) in [6.07, 6.45) is 1.20. The molecule has 1 atom stereocenters. The first-order valence-electron chi connectivity index (χ1n) is 4.38. The van der Waals surface area contributed by atoms with Crippen LogP contribution in [0.25, 0.3) is 0 Å². The van der Waals surface area contributed by atoms with Crippen molar-refractivity contribution in [2.24, 2.45) is 0 Å². The first-order valence-corrected chi connectivity index (χ1v) is 4.76. The Hall–Kier alpha value is -0.730. The van der Waals surface area contributed by atoms with E-state index in [1.165, 1.54) is 12.0 Å². The SMILES string of the molecule is COc1cc([C@H]2CCN2)ccc1Cl. The molecule has 0 radical (unpaired) electrons. The maximum Gasteiger partial charge on any atom is 0.137 e. The largest absolute Gasteiger partial charge is 0.495 e. The van der Waals surface area contributed by atoms with Crippen molar-refractivity contribution in [2.45, 2.75) is 12.5 Å². The zero-order chi connectivity index (χ0) is 9.26. The molecule has 1 fully saturated rings. The monoisotopic (exact) mass is 197 g/mol. The van der Waals surface area contributed by atoms with E-state index in [2.05, 4.69) is 5.32 Å². The van der Waals surface area contributed by atoms with Gasteiger partial charge in [-0.15, -0.1) is 0 Å². The third-order valence-corrected chi connectivity index (χ3v) is 2.71. The van der Waals surface area contributed by atoms with E-state index in [1.807, 2.05) is 18.2 Å². The second kappa shape index (κ2) is 3.56. The third-order valence-electron chi connectivity index (χ3n) is 2.40. The fraction of sp³-hybridized carbons (Fsp3) is 0.400. The highest BCUT2D eigenvalue weighted by Gasteiger charge is 2.19. The van der Waals surface area contributed by atoms with Crippen LogP contribution in [0.4, 0.5) is 0 Å². The molecule has 0 aromatic heterocycles. The highest BCUT2D eigenvalue weighted by atomic mass is 35.5. The molecule has 0 aliphatic carbocycles. The minimum atomic E-state index is 0.492. The second-order valence-corrected chi connectivity index (χ2v) is 3.60. The van der Waals surface area contributed by atoms with Gasteiger partial charge in [0.25, 0.3) is 0 Å². The van der Waals surface area contributed by atoms with Gasteiger partial charge in [-0.2, -0.15) is 0 Å². The van der Waals surface area contributed by atoms with Gasteiger partial charge in [0, 0.05) is 6.04 Å². The van der Waals surface area contributed by atoms with Gasteiger partial charge in [-0.05, 0) is 30.7 Å². The lowest BCUT2D eigenvalue weighted by molar-refractivity contribution is 0.378. The van der Waals surface area contributed by atoms with Gasteiger partial charge in [-0.3, -0.25) is 0 Å². The maximum absolute atomic E-state index is 5.92. The van der Waals surface area contributed by atoms with E-state index < -0.39 is 0 Å². The molecule has 0 amide bonds. The van der Waals surface area contributed by atoms with Gasteiger partial charge in [-0.1, -0.05) is 17.7 Å². The Morgan fingerprint density at radius 1 is 1.54 bits per heavy atom. The van der Waals surface area contributed by atoms with Crippen molar-refractivity contribution in [3.05, 3.63) is 28.8 Å². The van der Waals surface area contributed by atoms with Gasteiger partial charge in [0.15, 0.2) is 0 Å². The Morgan fingerprint density at radius 2 is 2.31 bits per heavy atom. The first kappa shape index (κ1) is 8.85. The van der Waals surface area contributed by atoms with Crippen LogP contribution in [-0.4, -0.2) is 13.7 Å². The van der Waals surface area contributed by atoms with E-state index in [-0.39, 0.29) is 0 Å². The second-order valence-electron chi connectivity index (χ2n) is 3.19. The highest BCUT2D eigenvalue weighted by Crippen LogP contribution is 2.30. The lowest BCUT2D eigenvalue weighted by Crippen LogP contribution is -2.34. The van der Waals surface area contributed by atoms with Gasteiger partial charge in [0.2, 0.25) is 0 Å². The zero-order valence-corrected chi connectivity index (χ0v) is 8.27. The molecule has 1 heterocycles. The number of rotatable bonds is 2. The van der Waals surface area contributed by atoms with Crippen LogP contribution >= 0.6 is 11.6 Å². The summed E-state index contributed by atoms with van der Waals surface area (Å²) in [5.41, 5.74) is 1.26. The molecule has 1 aromatic carbocycles. The van der Waals surface area contributed by atoms with Crippen LogP contribution in [0, 0.1) is 0 Å². The van der Waals surface area contributed by atoms with Gasteiger partial charge in [-0.25, -0.2) is 0 Å². The topological polar surface area (TPSA) is 21.3 Å². The van der Waals surface area contributed by atoms with E-state index in [1.54, 1.807) is 7.11 Å². The van der Waals surface area contributed by atoms with E-state index in [0.717, 1.165) is 12.3 Å². The molecule has 0 bridgehead atoms. The summed E-state index contributed by atoms with van der Waals surface area (Å²) in [7, 11) is 1.64.